The number of nitrogens with two attached hydrogens (primary N) is 1. The number of carbonyl (C=O) groups is 2. The number of ether oxygens (including phenoxy) is 1. The highest BCUT2D eigenvalue weighted by Crippen LogP contribution is 2.21. The van der Waals surface area contributed by atoms with Crippen LogP contribution in [0.25, 0.3) is 11.3 Å². The lowest BCUT2D eigenvalue weighted by molar-refractivity contribution is -0.119. The molecule has 1 aromatic heterocycles. The van der Waals surface area contributed by atoms with Crippen LogP contribution >= 0.6 is 0 Å². The second-order valence-corrected chi connectivity index (χ2v) is 5.99. The summed E-state index contributed by atoms with van der Waals surface area (Å²) in [6, 6.07) is 18.0. The normalized spacial score (nSPS) is 10.4. The van der Waals surface area contributed by atoms with Gasteiger partial charge in [0, 0.05) is 24.2 Å². The van der Waals surface area contributed by atoms with E-state index in [2.05, 4.69) is 5.16 Å². The Morgan fingerprint density at radius 3 is 2.48 bits per heavy atom. The van der Waals surface area contributed by atoms with Gasteiger partial charge in [-0.15, -0.1) is 0 Å². The average Bonchev–Trinajstić information content (AvgIpc) is 3.15. The molecule has 2 amide bonds. The van der Waals surface area contributed by atoms with Gasteiger partial charge in [-0.05, 0) is 24.3 Å². The van der Waals surface area contributed by atoms with Gasteiger partial charge >= 0.3 is 0 Å². The third-order valence-corrected chi connectivity index (χ3v) is 3.85. The topological polar surface area (TPSA) is 98.7 Å². The molecule has 0 saturated heterocycles. The Hall–Kier alpha value is -3.61. The third kappa shape index (κ3) is 4.72. The molecule has 138 valence electrons. The molecule has 1 heterocycles. The first-order valence-electron chi connectivity index (χ1n) is 8.30. The Balaban J connectivity index is 1.62. The number of nitrogens with zero attached hydrogens (tertiary/aromatic N) is 2. The number of carbonyl (C=O) groups excluding carboxylic acids is 2. The number of amides is 2. The van der Waals surface area contributed by atoms with Gasteiger partial charge in [-0.3, -0.25) is 9.59 Å². The quantitative estimate of drug-likeness (QED) is 0.693. The SMILES string of the molecule is CN(Cc1cc(-c2ccccc2)on1)C(=O)c1ccc(OCC(N)=O)cc1. The van der Waals surface area contributed by atoms with Gasteiger partial charge < -0.3 is 19.9 Å². The number of rotatable bonds is 7. The fourth-order valence-electron chi connectivity index (χ4n) is 2.51. The molecule has 0 bridgehead atoms. The van der Waals surface area contributed by atoms with E-state index < -0.39 is 5.91 Å². The van der Waals surface area contributed by atoms with Crippen LogP contribution < -0.4 is 10.5 Å². The van der Waals surface area contributed by atoms with Crippen molar-refractivity contribution in [1.82, 2.24) is 10.1 Å². The second-order valence-electron chi connectivity index (χ2n) is 5.99. The summed E-state index contributed by atoms with van der Waals surface area (Å²) in [6.45, 7) is 0.109. The van der Waals surface area contributed by atoms with Crippen molar-refractivity contribution < 1.29 is 18.8 Å². The van der Waals surface area contributed by atoms with Crippen LogP contribution in [0, 0.1) is 0 Å². The fraction of sp³-hybridized carbons (Fsp3) is 0.150. The van der Waals surface area contributed by atoms with Crippen molar-refractivity contribution in [2.75, 3.05) is 13.7 Å². The van der Waals surface area contributed by atoms with Gasteiger partial charge in [0.1, 0.15) is 11.4 Å². The van der Waals surface area contributed by atoms with Crippen LogP contribution in [0.1, 0.15) is 16.1 Å². The predicted molar refractivity (Wildman–Crippen MR) is 98.9 cm³/mol. The van der Waals surface area contributed by atoms with Crippen molar-refractivity contribution in [3.63, 3.8) is 0 Å². The zero-order chi connectivity index (χ0) is 19.2. The summed E-state index contributed by atoms with van der Waals surface area (Å²) in [5.41, 5.74) is 7.11. The highest BCUT2D eigenvalue weighted by atomic mass is 16.5. The van der Waals surface area contributed by atoms with Gasteiger partial charge in [-0.2, -0.15) is 0 Å². The fourth-order valence-corrected chi connectivity index (χ4v) is 2.51. The molecule has 0 fully saturated rings. The summed E-state index contributed by atoms with van der Waals surface area (Å²) in [5, 5.41) is 4.03. The summed E-state index contributed by atoms with van der Waals surface area (Å²) in [4.78, 5) is 24.8. The Bertz CT molecular complexity index is 920. The largest absolute Gasteiger partial charge is 0.484 e. The number of aromatic nitrogens is 1. The molecule has 7 nitrogen and oxygen atoms in total. The molecule has 0 radical (unpaired) electrons. The Morgan fingerprint density at radius 2 is 1.81 bits per heavy atom. The molecule has 0 saturated carbocycles. The zero-order valence-electron chi connectivity index (χ0n) is 14.8. The smallest absolute Gasteiger partial charge is 0.255 e. The Morgan fingerprint density at radius 1 is 1.11 bits per heavy atom. The van der Waals surface area contributed by atoms with E-state index in [-0.39, 0.29) is 12.5 Å². The summed E-state index contributed by atoms with van der Waals surface area (Å²) >= 11 is 0. The first-order chi connectivity index (χ1) is 13.0. The Labute approximate surface area is 156 Å². The molecule has 0 aliphatic carbocycles. The van der Waals surface area contributed by atoms with Crippen molar-refractivity contribution in [3.8, 4) is 17.1 Å². The molecule has 2 N–H and O–H groups in total. The van der Waals surface area contributed by atoms with E-state index in [4.69, 9.17) is 15.0 Å². The predicted octanol–water partition coefficient (Wildman–Crippen LogP) is 2.48. The molecule has 0 unspecified atom stereocenters. The molecule has 2 aromatic carbocycles. The van der Waals surface area contributed by atoms with Crippen molar-refractivity contribution in [3.05, 3.63) is 71.9 Å². The molecular formula is C20H19N3O4. The van der Waals surface area contributed by atoms with Crippen LogP contribution in [0.15, 0.2) is 65.2 Å². The minimum absolute atomic E-state index is 0.166. The van der Waals surface area contributed by atoms with E-state index in [0.29, 0.717) is 29.3 Å². The molecule has 0 atom stereocenters. The molecule has 3 rings (SSSR count). The standard InChI is InChI=1S/C20H19N3O4/c1-23(12-16-11-18(27-22-16)14-5-3-2-4-6-14)20(25)15-7-9-17(10-8-15)26-13-19(21)24/h2-11H,12-13H2,1H3,(H2,21,24). The summed E-state index contributed by atoms with van der Waals surface area (Å²) in [7, 11) is 1.69. The van der Waals surface area contributed by atoms with Crippen molar-refractivity contribution in [1.29, 1.82) is 0 Å². The van der Waals surface area contributed by atoms with Gasteiger partial charge in [-0.25, -0.2) is 0 Å². The van der Waals surface area contributed by atoms with Crippen LogP contribution in [0.5, 0.6) is 5.75 Å². The van der Waals surface area contributed by atoms with Gasteiger partial charge in [0.25, 0.3) is 11.8 Å². The Kier molecular flexibility index (Phi) is 5.51. The molecule has 0 aliphatic rings. The van der Waals surface area contributed by atoms with Crippen LogP contribution in [0.2, 0.25) is 0 Å². The first-order valence-corrected chi connectivity index (χ1v) is 8.30. The molecule has 7 heteroatoms. The molecule has 27 heavy (non-hydrogen) atoms. The highest BCUT2D eigenvalue weighted by molar-refractivity contribution is 5.94. The highest BCUT2D eigenvalue weighted by Gasteiger charge is 2.15. The van der Waals surface area contributed by atoms with Crippen LogP contribution in [-0.2, 0) is 11.3 Å². The average molecular weight is 365 g/mol. The van der Waals surface area contributed by atoms with Gasteiger partial charge in [-0.1, -0.05) is 35.5 Å². The van der Waals surface area contributed by atoms with Crippen molar-refractivity contribution >= 4 is 11.8 Å². The number of hydrogen-bond acceptors (Lipinski definition) is 5. The minimum Gasteiger partial charge on any atom is -0.484 e. The zero-order valence-corrected chi connectivity index (χ0v) is 14.8. The third-order valence-electron chi connectivity index (χ3n) is 3.85. The van der Waals surface area contributed by atoms with Crippen LogP contribution in [0.4, 0.5) is 0 Å². The van der Waals surface area contributed by atoms with E-state index in [0.717, 1.165) is 5.56 Å². The van der Waals surface area contributed by atoms with Gasteiger partial charge in [0.15, 0.2) is 12.4 Å². The molecule has 0 aliphatic heterocycles. The molecule has 3 aromatic rings. The summed E-state index contributed by atoms with van der Waals surface area (Å²) in [6.07, 6.45) is 0. The van der Waals surface area contributed by atoms with E-state index in [1.165, 1.54) is 0 Å². The maximum Gasteiger partial charge on any atom is 0.255 e. The lowest BCUT2D eigenvalue weighted by atomic mass is 10.1. The van der Waals surface area contributed by atoms with Crippen molar-refractivity contribution in [2.45, 2.75) is 6.54 Å². The van der Waals surface area contributed by atoms with E-state index in [1.807, 2.05) is 36.4 Å². The van der Waals surface area contributed by atoms with Crippen molar-refractivity contribution in [2.24, 2.45) is 5.73 Å². The number of benzene rings is 2. The van der Waals surface area contributed by atoms with Crippen LogP contribution in [0.3, 0.4) is 0 Å². The number of primary amides is 1. The maximum atomic E-state index is 12.6. The van der Waals surface area contributed by atoms with Gasteiger partial charge in [0.2, 0.25) is 0 Å². The van der Waals surface area contributed by atoms with E-state index in [9.17, 15) is 9.59 Å². The number of hydrogen-bond donors (Lipinski definition) is 1. The van der Waals surface area contributed by atoms with E-state index >= 15 is 0 Å². The molecule has 0 spiro atoms. The first kappa shape index (κ1) is 18.2. The molecular weight excluding hydrogens is 346 g/mol. The summed E-state index contributed by atoms with van der Waals surface area (Å²) < 4.78 is 10.5. The maximum absolute atomic E-state index is 12.6. The minimum atomic E-state index is -0.558. The van der Waals surface area contributed by atoms with Crippen LogP contribution in [-0.4, -0.2) is 35.5 Å². The van der Waals surface area contributed by atoms with Gasteiger partial charge in [0.05, 0.1) is 6.54 Å². The lowest BCUT2D eigenvalue weighted by Gasteiger charge is -2.15. The van der Waals surface area contributed by atoms with E-state index in [1.54, 1.807) is 36.2 Å². The second kappa shape index (κ2) is 8.18. The summed E-state index contributed by atoms with van der Waals surface area (Å²) in [5.74, 6) is 0.400. The monoisotopic (exact) mass is 365 g/mol. The lowest BCUT2D eigenvalue weighted by Crippen LogP contribution is -2.26.